The molecule has 1 aromatic carbocycles. The summed E-state index contributed by atoms with van der Waals surface area (Å²) in [6.45, 7) is 2.50. The maximum atomic E-state index is 12.7. The Labute approximate surface area is 153 Å². The second-order valence-corrected chi connectivity index (χ2v) is 6.88. The van der Waals surface area contributed by atoms with Crippen molar-refractivity contribution in [3.8, 4) is 0 Å². The molecular weight excluding hydrogens is 334 g/mol. The van der Waals surface area contributed by atoms with Crippen LogP contribution in [-0.4, -0.2) is 56.0 Å². The minimum absolute atomic E-state index is 0.000855. The van der Waals surface area contributed by atoms with E-state index in [1.807, 2.05) is 11.0 Å². The van der Waals surface area contributed by atoms with Crippen molar-refractivity contribution >= 4 is 23.4 Å². The molecule has 0 radical (unpaired) electrons. The molecule has 0 saturated carbocycles. The van der Waals surface area contributed by atoms with Crippen LogP contribution in [0.4, 0.5) is 5.69 Å². The number of fused-ring (bicyclic) bond motifs is 1. The van der Waals surface area contributed by atoms with Gasteiger partial charge in [-0.2, -0.15) is 0 Å². The predicted molar refractivity (Wildman–Crippen MR) is 96.9 cm³/mol. The molecule has 1 atom stereocenters. The Kier molecular flexibility index (Phi) is 5.88. The Morgan fingerprint density at radius 1 is 1.38 bits per heavy atom. The fraction of sp³-hybridized carbons (Fsp3) is 0.526. The number of anilines is 1. The molecule has 26 heavy (non-hydrogen) atoms. The fourth-order valence-electron chi connectivity index (χ4n) is 3.50. The van der Waals surface area contributed by atoms with E-state index in [1.165, 1.54) is 0 Å². The Balaban J connectivity index is 1.46. The minimum Gasteiger partial charge on any atom is -0.384 e. The van der Waals surface area contributed by atoms with Crippen molar-refractivity contribution in [3.05, 3.63) is 29.3 Å². The van der Waals surface area contributed by atoms with E-state index in [2.05, 4.69) is 10.6 Å². The predicted octanol–water partition coefficient (Wildman–Crippen LogP) is 1.19. The standard InChI is InChI=1S/C19H25N3O4/c1-26-9-6-17(23)20-7-4-13-5-8-22(12-13)19(25)14-2-3-16-15(10-14)11-18(24)21-16/h2-3,10,13H,4-9,11-12H2,1H3,(H,20,23)(H,21,24)/t13-/m1/s1. The molecule has 0 aliphatic carbocycles. The molecule has 1 saturated heterocycles. The van der Waals surface area contributed by atoms with Gasteiger partial charge in [-0.1, -0.05) is 0 Å². The normalized spacial score (nSPS) is 18.6. The number of carbonyl (C=O) groups excluding carboxylic acids is 3. The van der Waals surface area contributed by atoms with E-state index in [0.29, 0.717) is 44.0 Å². The number of nitrogens with zero attached hydrogens (tertiary/aromatic N) is 1. The molecule has 0 unspecified atom stereocenters. The number of carbonyl (C=O) groups is 3. The summed E-state index contributed by atoms with van der Waals surface area (Å²) >= 11 is 0. The molecule has 1 aromatic rings. The van der Waals surface area contributed by atoms with Crippen LogP contribution in [0.2, 0.25) is 0 Å². The first-order valence-electron chi connectivity index (χ1n) is 9.04. The molecule has 2 aliphatic heterocycles. The lowest BCUT2D eigenvalue weighted by Crippen LogP contribution is -2.30. The molecule has 3 amide bonds. The number of rotatable bonds is 7. The highest BCUT2D eigenvalue weighted by atomic mass is 16.5. The lowest BCUT2D eigenvalue weighted by Gasteiger charge is -2.17. The molecule has 7 nitrogen and oxygen atoms in total. The third-order valence-electron chi connectivity index (χ3n) is 4.96. The van der Waals surface area contributed by atoms with E-state index in [9.17, 15) is 14.4 Å². The number of amides is 3. The van der Waals surface area contributed by atoms with E-state index in [4.69, 9.17) is 4.74 Å². The molecule has 2 heterocycles. The highest BCUT2D eigenvalue weighted by Gasteiger charge is 2.28. The summed E-state index contributed by atoms with van der Waals surface area (Å²) in [5.74, 6) is 0.385. The zero-order chi connectivity index (χ0) is 18.5. The molecule has 0 aromatic heterocycles. The molecular formula is C19H25N3O4. The number of hydrogen-bond donors (Lipinski definition) is 2. The van der Waals surface area contributed by atoms with Crippen LogP contribution in [0.3, 0.4) is 0 Å². The van der Waals surface area contributed by atoms with Gasteiger partial charge in [0.25, 0.3) is 5.91 Å². The third kappa shape index (κ3) is 4.40. The van der Waals surface area contributed by atoms with Gasteiger partial charge >= 0.3 is 0 Å². The van der Waals surface area contributed by atoms with E-state index in [1.54, 1.807) is 19.2 Å². The van der Waals surface area contributed by atoms with E-state index < -0.39 is 0 Å². The Morgan fingerprint density at radius 3 is 3.04 bits per heavy atom. The molecule has 3 rings (SSSR count). The number of hydrogen-bond acceptors (Lipinski definition) is 4. The van der Waals surface area contributed by atoms with Crippen LogP contribution in [0.1, 0.15) is 35.2 Å². The van der Waals surface area contributed by atoms with Gasteiger partial charge in [-0.3, -0.25) is 14.4 Å². The van der Waals surface area contributed by atoms with Crippen molar-refractivity contribution in [1.82, 2.24) is 10.2 Å². The number of methoxy groups -OCH3 is 1. The van der Waals surface area contributed by atoms with Gasteiger partial charge < -0.3 is 20.3 Å². The highest BCUT2D eigenvalue weighted by Crippen LogP contribution is 2.26. The summed E-state index contributed by atoms with van der Waals surface area (Å²) in [6, 6.07) is 5.39. The van der Waals surface area contributed by atoms with Crippen molar-refractivity contribution in [1.29, 1.82) is 0 Å². The molecule has 140 valence electrons. The van der Waals surface area contributed by atoms with Crippen molar-refractivity contribution < 1.29 is 19.1 Å². The molecule has 1 fully saturated rings. The molecule has 2 N–H and O–H groups in total. The second kappa shape index (κ2) is 8.31. The van der Waals surface area contributed by atoms with Crippen LogP contribution in [-0.2, 0) is 20.7 Å². The maximum absolute atomic E-state index is 12.7. The largest absolute Gasteiger partial charge is 0.384 e. The Morgan fingerprint density at radius 2 is 2.23 bits per heavy atom. The van der Waals surface area contributed by atoms with Crippen LogP contribution in [0.15, 0.2) is 18.2 Å². The Bertz CT molecular complexity index is 704. The zero-order valence-electron chi connectivity index (χ0n) is 15.0. The average molecular weight is 359 g/mol. The molecule has 0 spiro atoms. The summed E-state index contributed by atoms with van der Waals surface area (Å²) in [5.41, 5.74) is 2.32. The summed E-state index contributed by atoms with van der Waals surface area (Å²) in [4.78, 5) is 37.6. The van der Waals surface area contributed by atoms with Crippen molar-refractivity contribution in [2.75, 3.05) is 38.7 Å². The maximum Gasteiger partial charge on any atom is 0.253 e. The first-order chi connectivity index (χ1) is 12.6. The van der Waals surface area contributed by atoms with Crippen LogP contribution < -0.4 is 10.6 Å². The molecule has 7 heteroatoms. The van der Waals surface area contributed by atoms with Gasteiger partial charge in [0.2, 0.25) is 11.8 Å². The van der Waals surface area contributed by atoms with Gasteiger partial charge in [-0.25, -0.2) is 0 Å². The number of ether oxygens (including phenoxy) is 1. The van der Waals surface area contributed by atoms with Gasteiger partial charge in [0.05, 0.1) is 13.0 Å². The summed E-state index contributed by atoms with van der Waals surface area (Å²) in [5, 5.41) is 5.67. The van der Waals surface area contributed by atoms with Crippen LogP contribution in [0.25, 0.3) is 0 Å². The lowest BCUT2D eigenvalue weighted by molar-refractivity contribution is -0.122. The SMILES string of the molecule is COCCC(=O)NCC[C@@H]1CCN(C(=O)c2ccc3c(c2)CC(=O)N3)C1. The fourth-order valence-corrected chi connectivity index (χ4v) is 3.50. The average Bonchev–Trinajstić information content (AvgIpc) is 3.24. The number of likely N-dealkylation sites (tertiary alicyclic amines) is 1. The third-order valence-corrected chi connectivity index (χ3v) is 4.96. The summed E-state index contributed by atoms with van der Waals surface area (Å²) in [7, 11) is 1.58. The monoisotopic (exact) mass is 359 g/mol. The van der Waals surface area contributed by atoms with E-state index in [0.717, 1.165) is 30.6 Å². The summed E-state index contributed by atoms with van der Waals surface area (Å²) in [6.07, 6.45) is 2.53. The highest BCUT2D eigenvalue weighted by molar-refractivity contribution is 6.01. The molecule has 0 bridgehead atoms. The van der Waals surface area contributed by atoms with Crippen LogP contribution >= 0.6 is 0 Å². The van der Waals surface area contributed by atoms with Gasteiger partial charge in [0, 0.05) is 44.4 Å². The minimum atomic E-state index is -0.0293. The van der Waals surface area contributed by atoms with Crippen molar-refractivity contribution in [3.63, 3.8) is 0 Å². The van der Waals surface area contributed by atoms with Gasteiger partial charge in [0.1, 0.15) is 0 Å². The quantitative estimate of drug-likeness (QED) is 0.765. The van der Waals surface area contributed by atoms with Crippen LogP contribution in [0, 0.1) is 5.92 Å². The van der Waals surface area contributed by atoms with Crippen LogP contribution in [0.5, 0.6) is 0 Å². The van der Waals surface area contributed by atoms with Gasteiger partial charge in [-0.05, 0) is 42.5 Å². The van der Waals surface area contributed by atoms with Crippen molar-refractivity contribution in [2.45, 2.75) is 25.7 Å². The number of nitrogens with one attached hydrogen (secondary N) is 2. The van der Waals surface area contributed by atoms with Gasteiger partial charge in [0.15, 0.2) is 0 Å². The van der Waals surface area contributed by atoms with E-state index in [-0.39, 0.29) is 17.7 Å². The first-order valence-corrected chi connectivity index (χ1v) is 9.04. The zero-order valence-corrected chi connectivity index (χ0v) is 15.0. The van der Waals surface area contributed by atoms with E-state index >= 15 is 0 Å². The second-order valence-electron chi connectivity index (χ2n) is 6.88. The summed E-state index contributed by atoms with van der Waals surface area (Å²) < 4.78 is 4.88. The topological polar surface area (TPSA) is 87.7 Å². The number of benzene rings is 1. The van der Waals surface area contributed by atoms with Crippen molar-refractivity contribution in [2.24, 2.45) is 5.92 Å². The van der Waals surface area contributed by atoms with Gasteiger partial charge in [-0.15, -0.1) is 0 Å². The first kappa shape index (κ1) is 18.4. The molecule has 2 aliphatic rings. The lowest BCUT2D eigenvalue weighted by atomic mass is 10.1. The smallest absolute Gasteiger partial charge is 0.253 e. The Hall–Kier alpha value is -2.41.